The fraction of sp³-hybridized carbons (Fsp3) is 0.417. The second kappa shape index (κ2) is 5.09. The maximum absolute atomic E-state index is 4.96. The third kappa shape index (κ3) is 2.40. The van der Waals surface area contributed by atoms with E-state index in [9.17, 15) is 0 Å². The number of aryl methyl sites for hydroxylation is 1. The number of imidazole rings is 1. The van der Waals surface area contributed by atoms with Gasteiger partial charge >= 0.3 is 0 Å². The molecule has 0 saturated heterocycles. The molecule has 0 unspecified atom stereocenters. The van der Waals surface area contributed by atoms with Gasteiger partial charge in [0.1, 0.15) is 5.82 Å². The fourth-order valence-corrected chi connectivity index (χ4v) is 1.69. The lowest BCUT2D eigenvalue weighted by Gasteiger charge is -2.00. The van der Waals surface area contributed by atoms with E-state index in [0.29, 0.717) is 0 Å². The van der Waals surface area contributed by atoms with Crippen molar-refractivity contribution in [3.8, 4) is 0 Å². The van der Waals surface area contributed by atoms with Gasteiger partial charge in [-0.25, -0.2) is 4.98 Å². The number of nitrogens with zero attached hydrogens (tertiary/aromatic N) is 1. The largest absolute Gasteiger partial charge is 0.383 e. The summed E-state index contributed by atoms with van der Waals surface area (Å²) in [6, 6.07) is 6.16. The quantitative estimate of drug-likeness (QED) is 0.751. The van der Waals surface area contributed by atoms with Gasteiger partial charge in [-0.2, -0.15) is 0 Å². The van der Waals surface area contributed by atoms with Crippen molar-refractivity contribution < 1.29 is 4.74 Å². The van der Waals surface area contributed by atoms with Crippen LogP contribution in [0, 0.1) is 6.92 Å². The number of fused-ring (bicyclic) bond motifs is 1. The summed E-state index contributed by atoms with van der Waals surface area (Å²) in [5, 5.41) is 3.26. The zero-order valence-corrected chi connectivity index (χ0v) is 9.71. The minimum atomic E-state index is 0.721. The molecule has 86 valence electrons. The topological polar surface area (TPSA) is 49.9 Å². The number of methoxy groups -OCH3 is 1. The Morgan fingerprint density at radius 3 is 3.06 bits per heavy atom. The molecular formula is C12H17N3O. The van der Waals surface area contributed by atoms with Gasteiger partial charge in [-0.05, 0) is 18.6 Å². The van der Waals surface area contributed by atoms with Crippen LogP contribution in [0.3, 0.4) is 0 Å². The van der Waals surface area contributed by atoms with Crippen LogP contribution in [0.2, 0.25) is 0 Å². The Labute approximate surface area is 95.0 Å². The number of H-pyrrole nitrogens is 1. The molecule has 0 aliphatic heterocycles. The molecule has 2 rings (SSSR count). The van der Waals surface area contributed by atoms with Crippen molar-refractivity contribution in [2.75, 3.05) is 20.3 Å². The summed E-state index contributed by atoms with van der Waals surface area (Å²) >= 11 is 0. The zero-order chi connectivity index (χ0) is 11.4. The molecule has 1 heterocycles. The minimum Gasteiger partial charge on any atom is -0.383 e. The molecule has 0 bridgehead atoms. The molecule has 4 nitrogen and oxygen atoms in total. The van der Waals surface area contributed by atoms with Gasteiger partial charge in [0.15, 0.2) is 0 Å². The van der Waals surface area contributed by atoms with Crippen molar-refractivity contribution in [3.63, 3.8) is 0 Å². The summed E-state index contributed by atoms with van der Waals surface area (Å²) < 4.78 is 4.96. The predicted molar refractivity (Wildman–Crippen MR) is 64.4 cm³/mol. The molecule has 16 heavy (non-hydrogen) atoms. The van der Waals surface area contributed by atoms with E-state index >= 15 is 0 Å². The molecule has 0 radical (unpaired) electrons. The Kier molecular flexibility index (Phi) is 3.54. The van der Waals surface area contributed by atoms with Gasteiger partial charge in [0.25, 0.3) is 0 Å². The second-order valence-electron chi connectivity index (χ2n) is 3.82. The van der Waals surface area contributed by atoms with Gasteiger partial charge in [0, 0.05) is 13.7 Å². The molecule has 1 aromatic heterocycles. The van der Waals surface area contributed by atoms with Crippen LogP contribution in [0.4, 0.5) is 0 Å². The lowest BCUT2D eigenvalue weighted by Crippen LogP contribution is -2.19. The first-order chi connectivity index (χ1) is 7.81. The number of nitrogens with one attached hydrogen (secondary N) is 2. The second-order valence-corrected chi connectivity index (χ2v) is 3.82. The molecule has 0 atom stereocenters. The first kappa shape index (κ1) is 11.1. The smallest absolute Gasteiger partial charge is 0.121 e. The number of aromatic nitrogens is 2. The highest BCUT2D eigenvalue weighted by molar-refractivity contribution is 5.78. The molecule has 0 aliphatic rings. The van der Waals surface area contributed by atoms with Crippen molar-refractivity contribution in [3.05, 3.63) is 29.6 Å². The Hall–Kier alpha value is -1.39. The van der Waals surface area contributed by atoms with Crippen LogP contribution < -0.4 is 5.32 Å². The van der Waals surface area contributed by atoms with E-state index in [0.717, 1.165) is 36.6 Å². The van der Waals surface area contributed by atoms with Crippen LogP contribution in [-0.4, -0.2) is 30.2 Å². The number of hydrogen-bond acceptors (Lipinski definition) is 3. The van der Waals surface area contributed by atoms with Crippen LogP contribution in [0.5, 0.6) is 0 Å². The average molecular weight is 219 g/mol. The molecule has 4 heteroatoms. The molecule has 0 fully saturated rings. The van der Waals surface area contributed by atoms with Gasteiger partial charge < -0.3 is 15.0 Å². The molecule has 2 aromatic rings. The van der Waals surface area contributed by atoms with Crippen molar-refractivity contribution >= 4 is 11.0 Å². The van der Waals surface area contributed by atoms with E-state index in [4.69, 9.17) is 4.74 Å². The molecule has 0 aliphatic carbocycles. The molecule has 1 aromatic carbocycles. The van der Waals surface area contributed by atoms with E-state index in [1.165, 1.54) is 5.56 Å². The summed E-state index contributed by atoms with van der Waals surface area (Å²) in [7, 11) is 1.70. The predicted octanol–water partition coefficient (Wildman–Crippen LogP) is 1.61. The van der Waals surface area contributed by atoms with Gasteiger partial charge in [-0.15, -0.1) is 0 Å². The summed E-state index contributed by atoms with van der Waals surface area (Å²) in [5.74, 6) is 0.973. The van der Waals surface area contributed by atoms with Crippen LogP contribution >= 0.6 is 0 Å². The maximum Gasteiger partial charge on any atom is 0.121 e. The number of aromatic amines is 1. The summed E-state index contributed by atoms with van der Waals surface area (Å²) in [4.78, 5) is 7.85. The number of hydrogen-bond donors (Lipinski definition) is 2. The highest BCUT2D eigenvalue weighted by Gasteiger charge is 2.03. The number of rotatable bonds is 5. The number of para-hydroxylation sites is 1. The Bertz CT molecular complexity index is 464. The minimum absolute atomic E-state index is 0.721. The van der Waals surface area contributed by atoms with Crippen molar-refractivity contribution in [1.29, 1.82) is 0 Å². The average Bonchev–Trinajstić information content (AvgIpc) is 2.69. The fourth-order valence-electron chi connectivity index (χ4n) is 1.69. The number of ether oxygens (including phenoxy) is 1. The van der Waals surface area contributed by atoms with E-state index in [1.807, 2.05) is 12.1 Å². The van der Waals surface area contributed by atoms with Crippen molar-refractivity contribution in [2.24, 2.45) is 0 Å². The lowest BCUT2D eigenvalue weighted by atomic mass is 10.2. The molecule has 0 saturated carbocycles. The summed E-state index contributed by atoms with van der Waals surface area (Å²) in [5.41, 5.74) is 3.37. The maximum atomic E-state index is 4.96. The summed E-state index contributed by atoms with van der Waals surface area (Å²) in [6.07, 6.45) is 0. The standard InChI is InChI=1S/C12H17N3O/c1-9-4-3-5-10-12(9)15-11(14-10)8-13-6-7-16-2/h3-5,13H,6-8H2,1-2H3,(H,14,15). The van der Waals surface area contributed by atoms with Crippen LogP contribution in [0.15, 0.2) is 18.2 Å². The Morgan fingerprint density at radius 2 is 2.31 bits per heavy atom. The first-order valence-electron chi connectivity index (χ1n) is 5.45. The highest BCUT2D eigenvalue weighted by Crippen LogP contribution is 2.15. The normalized spacial score (nSPS) is 11.1. The van der Waals surface area contributed by atoms with Crippen LogP contribution in [-0.2, 0) is 11.3 Å². The van der Waals surface area contributed by atoms with Crippen molar-refractivity contribution in [2.45, 2.75) is 13.5 Å². The van der Waals surface area contributed by atoms with Crippen molar-refractivity contribution in [1.82, 2.24) is 15.3 Å². The Morgan fingerprint density at radius 1 is 1.44 bits per heavy atom. The third-order valence-electron chi connectivity index (χ3n) is 2.54. The number of benzene rings is 1. The third-order valence-corrected chi connectivity index (χ3v) is 2.54. The lowest BCUT2D eigenvalue weighted by molar-refractivity contribution is 0.199. The highest BCUT2D eigenvalue weighted by atomic mass is 16.5. The SMILES string of the molecule is COCCNCc1nc2c(C)cccc2[nH]1. The van der Waals surface area contributed by atoms with Gasteiger partial charge in [-0.1, -0.05) is 12.1 Å². The summed E-state index contributed by atoms with van der Waals surface area (Å²) in [6.45, 7) is 4.38. The van der Waals surface area contributed by atoms with E-state index in [2.05, 4.69) is 28.3 Å². The monoisotopic (exact) mass is 219 g/mol. The molecule has 0 amide bonds. The molecule has 2 N–H and O–H groups in total. The Balaban J connectivity index is 2.05. The van der Waals surface area contributed by atoms with E-state index in [-0.39, 0.29) is 0 Å². The van der Waals surface area contributed by atoms with Gasteiger partial charge in [-0.3, -0.25) is 0 Å². The molecular weight excluding hydrogens is 202 g/mol. The first-order valence-corrected chi connectivity index (χ1v) is 5.45. The zero-order valence-electron chi connectivity index (χ0n) is 9.71. The van der Waals surface area contributed by atoms with Gasteiger partial charge in [0.05, 0.1) is 24.2 Å². The van der Waals surface area contributed by atoms with Crippen LogP contribution in [0.25, 0.3) is 11.0 Å². The van der Waals surface area contributed by atoms with Gasteiger partial charge in [0.2, 0.25) is 0 Å². The van der Waals surface area contributed by atoms with E-state index < -0.39 is 0 Å². The van der Waals surface area contributed by atoms with E-state index in [1.54, 1.807) is 7.11 Å². The molecule has 0 spiro atoms. The van der Waals surface area contributed by atoms with Crippen LogP contribution in [0.1, 0.15) is 11.4 Å².